The number of amides is 1. The summed E-state index contributed by atoms with van der Waals surface area (Å²) in [5, 5.41) is 0. The number of carbonyl (C=O) groups is 1. The van der Waals surface area contributed by atoms with Gasteiger partial charge in [-0.1, -0.05) is 0 Å². The second kappa shape index (κ2) is 9.59. The summed E-state index contributed by atoms with van der Waals surface area (Å²) in [6.45, 7) is 2.27. The molecule has 0 aromatic heterocycles. The molecule has 1 N–H and O–H groups in total. The van der Waals surface area contributed by atoms with Crippen LogP contribution in [0, 0.1) is 0 Å². The Morgan fingerprint density at radius 2 is 1.84 bits per heavy atom. The number of methoxy groups -OCH3 is 3. The minimum Gasteiger partial charge on any atom is -0.493 e. The van der Waals surface area contributed by atoms with Crippen molar-refractivity contribution in [3.8, 4) is 11.5 Å². The summed E-state index contributed by atoms with van der Waals surface area (Å²) in [5.74, 6) is 0.583. The van der Waals surface area contributed by atoms with E-state index in [0.29, 0.717) is 18.1 Å². The Kier molecular flexibility index (Phi) is 8.14. The van der Waals surface area contributed by atoms with Crippen molar-refractivity contribution < 1.29 is 27.4 Å². The van der Waals surface area contributed by atoms with E-state index in [1.807, 2.05) is 6.92 Å². The van der Waals surface area contributed by atoms with Crippen molar-refractivity contribution in [3.63, 3.8) is 0 Å². The Balaban J connectivity index is 2.69. The molecule has 0 heterocycles. The first kappa shape index (κ1) is 21.2. The van der Waals surface area contributed by atoms with Crippen molar-refractivity contribution in [2.75, 3.05) is 41.5 Å². The Labute approximate surface area is 149 Å². The van der Waals surface area contributed by atoms with Crippen LogP contribution in [0.25, 0.3) is 0 Å². The Morgan fingerprint density at radius 1 is 1.20 bits per heavy atom. The van der Waals surface area contributed by atoms with Crippen molar-refractivity contribution in [1.29, 1.82) is 0 Å². The number of likely N-dealkylation sites (N-methyl/N-ethyl adjacent to an activating group) is 1. The van der Waals surface area contributed by atoms with E-state index in [1.165, 1.54) is 37.3 Å². The van der Waals surface area contributed by atoms with Crippen LogP contribution >= 0.6 is 0 Å². The van der Waals surface area contributed by atoms with Gasteiger partial charge in [-0.25, -0.2) is 13.1 Å². The van der Waals surface area contributed by atoms with E-state index >= 15 is 0 Å². The molecule has 142 valence electrons. The quantitative estimate of drug-likeness (QED) is 0.653. The third-order valence-corrected chi connectivity index (χ3v) is 5.22. The molecule has 1 aromatic rings. The van der Waals surface area contributed by atoms with Crippen molar-refractivity contribution in [3.05, 3.63) is 18.2 Å². The number of benzene rings is 1. The topological polar surface area (TPSA) is 94.2 Å². The molecule has 25 heavy (non-hydrogen) atoms. The van der Waals surface area contributed by atoms with Crippen LogP contribution in [0.4, 0.5) is 0 Å². The first-order valence-corrected chi connectivity index (χ1v) is 9.21. The van der Waals surface area contributed by atoms with Crippen molar-refractivity contribution >= 4 is 15.9 Å². The molecule has 0 aliphatic heterocycles. The third kappa shape index (κ3) is 5.87. The van der Waals surface area contributed by atoms with E-state index in [9.17, 15) is 13.2 Å². The SMILES string of the molecule is COC[C@@H](C)N(C)C(=O)CCNS(=O)(=O)c1ccc(OC)c(OC)c1. The largest absolute Gasteiger partial charge is 0.493 e. The van der Waals surface area contributed by atoms with E-state index in [-0.39, 0.29) is 29.8 Å². The second-order valence-electron chi connectivity index (χ2n) is 5.47. The molecule has 8 nitrogen and oxygen atoms in total. The maximum absolute atomic E-state index is 12.3. The van der Waals surface area contributed by atoms with E-state index in [2.05, 4.69) is 4.72 Å². The van der Waals surface area contributed by atoms with Crippen molar-refractivity contribution in [2.45, 2.75) is 24.3 Å². The van der Waals surface area contributed by atoms with Crippen molar-refractivity contribution in [1.82, 2.24) is 9.62 Å². The maximum Gasteiger partial charge on any atom is 0.240 e. The molecule has 0 aliphatic rings. The van der Waals surface area contributed by atoms with Gasteiger partial charge < -0.3 is 19.1 Å². The lowest BCUT2D eigenvalue weighted by molar-refractivity contribution is -0.132. The molecule has 0 spiro atoms. The van der Waals surface area contributed by atoms with Crippen LogP contribution in [0.3, 0.4) is 0 Å². The van der Waals surface area contributed by atoms with Gasteiger partial charge in [-0.05, 0) is 19.1 Å². The van der Waals surface area contributed by atoms with Crippen LogP contribution in [0.5, 0.6) is 11.5 Å². The second-order valence-corrected chi connectivity index (χ2v) is 7.24. The summed E-state index contributed by atoms with van der Waals surface area (Å²) in [5.41, 5.74) is 0. The first-order chi connectivity index (χ1) is 11.8. The lowest BCUT2D eigenvalue weighted by Gasteiger charge is -2.24. The fourth-order valence-electron chi connectivity index (χ4n) is 2.13. The number of nitrogens with one attached hydrogen (secondary N) is 1. The van der Waals surface area contributed by atoms with Gasteiger partial charge >= 0.3 is 0 Å². The molecule has 1 atom stereocenters. The van der Waals surface area contributed by atoms with Crippen LogP contribution in [0.1, 0.15) is 13.3 Å². The van der Waals surface area contributed by atoms with Crippen LogP contribution in [0.2, 0.25) is 0 Å². The van der Waals surface area contributed by atoms with Gasteiger partial charge in [-0.15, -0.1) is 0 Å². The number of hydrogen-bond acceptors (Lipinski definition) is 6. The number of rotatable bonds is 10. The number of nitrogens with zero attached hydrogens (tertiary/aromatic N) is 1. The third-order valence-electron chi connectivity index (χ3n) is 3.76. The van der Waals surface area contributed by atoms with Gasteiger partial charge in [0.2, 0.25) is 15.9 Å². The summed E-state index contributed by atoms with van der Waals surface area (Å²) in [4.78, 5) is 13.6. The van der Waals surface area contributed by atoms with Gasteiger partial charge in [0, 0.05) is 33.2 Å². The lowest BCUT2D eigenvalue weighted by Crippen LogP contribution is -2.39. The smallest absolute Gasteiger partial charge is 0.240 e. The zero-order chi connectivity index (χ0) is 19.0. The summed E-state index contributed by atoms with van der Waals surface area (Å²) in [6, 6.07) is 4.22. The monoisotopic (exact) mass is 374 g/mol. The summed E-state index contributed by atoms with van der Waals surface area (Å²) >= 11 is 0. The average molecular weight is 374 g/mol. The van der Waals surface area contributed by atoms with Gasteiger partial charge in [-0.2, -0.15) is 0 Å². The zero-order valence-corrected chi connectivity index (χ0v) is 16.1. The van der Waals surface area contributed by atoms with Gasteiger partial charge in [0.15, 0.2) is 11.5 Å². The predicted octanol–water partition coefficient (Wildman–Crippen LogP) is 0.866. The number of carbonyl (C=O) groups excluding carboxylic acids is 1. The Hall–Kier alpha value is -1.84. The molecular weight excluding hydrogens is 348 g/mol. The van der Waals surface area contributed by atoms with Gasteiger partial charge in [0.05, 0.1) is 31.8 Å². The Bertz CT molecular complexity index is 677. The molecular formula is C16H26N2O6S. The van der Waals surface area contributed by atoms with E-state index in [0.717, 1.165) is 0 Å². The molecule has 0 bridgehead atoms. The van der Waals surface area contributed by atoms with E-state index < -0.39 is 10.0 Å². The number of hydrogen-bond donors (Lipinski definition) is 1. The normalized spacial score (nSPS) is 12.5. The zero-order valence-electron chi connectivity index (χ0n) is 15.2. The van der Waals surface area contributed by atoms with Gasteiger partial charge in [0.25, 0.3) is 0 Å². The molecule has 0 radical (unpaired) electrons. The first-order valence-electron chi connectivity index (χ1n) is 7.73. The fourth-order valence-corrected chi connectivity index (χ4v) is 3.18. The fraction of sp³-hybridized carbons (Fsp3) is 0.562. The summed E-state index contributed by atoms with van der Waals surface area (Å²) in [7, 11) is 2.37. The molecule has 0 unspecified atom stereocenters. The van der Waals surface area contributed by atoms with Crippen LogP contribution in [-0.2, 0) is 19.6 Å². The van der Waals surface area contributed by atoms with Crippen LogP contribution in [0.15, 0.2) is 23.1 Å². The molecule has 0 saturated heterocycles. The van der Waals surface area contributed by atoms with Crippen molar-refractivity contribution in [2.24, 2.45) is 0 Å². The maximum atomic E-state index is 12.3. The highest BCUT2D eigenvalue weighted by Crippen LogP contribution is 2.29. The van der Waals surface area contributed by atoms with E-state index in [1.54, 1.807) is 14.2 Å². The number of ether oxygens (including phenoxy) is 3. The van der Waals surface area contributed by atoms with Gasteiger partial charge in [-0.3, -0.25) is 4.79 Å². The molecule has 0 saturated carbocycles. The van der Waals surface area contributed by atoms with E-state index in [4.69, 9.17) is 14.2 Å². The summed E-state index contributed by atoms with van der Waals surface area (Å²) < 4.78 is 42.3. The average Bonchev–Trinajstić information content (AvgIpc) is 2.60. The highest BCUT2D eigenvalue weighted by molar-refractivity contribution is 7.89. The predicted molar refractivity (Wildman–Crippen MR) is 93.5 cm³/mol. The van der Waals surface area contributed by atoms with Crippen LogP contribution in [-0.4, -0.2) is 66.8 Å². The standard InChI is InChI=1S/C16H26N2O6S/c1-12(11-22-3)18(2)16(19)8-9-17-25(20,21)13-6-7-14(23-4)15(10-13)24-5/h6-7,10,12,17H,8-9,11H2,1-5H3/t12-/m1/s1. The minimum atomic E-state index is -3.75. The molecule has 0 fully saturated rings. The number of sulfonamides is 1. The molecule has 0 aliphatic carbocycles. The molecule has 9 heteroatoms. The minimum absolute atomic E-state index is 0.000443. The summed E-state index contributed by atoms with van der Waals surface area (Å²) in [6.07, 6.45) is 0.0527. The molecule has 1 aromatic carbocycles. The highest BCUT2D eigenvalue weighted by Gasteiger charge is 2.19. The lowest BCUT2D eigenvalue weighted by atomic mass is 10.3. The molecule has 1 amide bonds. The van der Waals surface area contributed by atoms with Crippen LogP contribution < -0.4 is 14.2 Å². The highest BCUT2D eigenvalue weighted by atomic mass is 32.2. The molecule has 1 rings (SSSR count). The Morgan fingerprint density at radius 3 is 2.40 bits per heavy atom. The van der Waals surface area contributed by atoms with Gasteiger partial charge in [0.1, 0.15) is 0 Å².